The van der Waals surface area contributed by atoms with Crippen molar-refractivity contribution >= 4 is 32.5 Å². The molecule has 2 N–H and O–H groups in total. The highest BCUT2D eigenvalue weighted by Gasteiger charge is 2.21. The maximum absolute atomic E-state index is 12.0. The number of hydrogen-bond donors (Lipinski definition) is 2. The van der Waals surface area contributed by atoms with Gasteiger partial charge in [-0.3, -0.25) is 4.72 Å². The molecule has 0 bridgehead atoms. The molecule has 0 aliphatic carbocycles. The minimum absolute atomic E-state index is 0.195. The number of nitrogens with one attached hydrogen (secondary N) is 2. The summed E-state index contributed by atoms with van der Waals surface area (Å²) in [5.41, 5.74) is 0.258. The van der Waals surface area contributed by atoms with Crippen LogP contribution in [0, 0.1) is 5.92 Å². The number of carbonyl (C=O) groups is 1. The molecule has 0 aliphatic rings. The summed E-state index contributed by atoms with van der Waals surface area (Å²) < 4.78 is 33.7. The fourth-order valence-electron chi connectivity index (χ4n) is 1.49. The zero-order chi connectivity index (χ0) is 16.0. The fourth-order valence-corrected chi connectivity index (χ4v) is 3.80. The van der Waals surface area contributed by atoms with E-state index in [0.717, 1.165) is 11.3 Å². The standard InChI is InChI=1S/C13H22N2O4S2/c1-5-10-7-11(13(16)19-6-2)12(20-10)15-21(17,18)14-8-9(3)4/h7,9,14-15H,5-6,8H2,1-4H3. The molecule has 0 aliphatic heterocycles. The van der Waals surface area contributed by atoms with Gasteiger partial charge in [-0.15, -0.1) is 11.3 Å². The minimum Gasteiger partial charge on any atom is -0.462 e. The molecule has 0 radical (unpaired) electrons. The first-order valence-electron chi connectivity index (χ1n) is 6.86. The Hall–Kier alpha value is -1.12. The number of rotatable bonds is 8. The predicted molar refractivity (Wildman–Crippen MR) is 85.0 cm³/mol. The largest absolute Gasteiger partial charge is 0.462 e. The zero-order valence-corrected chi connectivity index (χ0v) is 14.4. The lowest BCUT2D eigenvalue weighted by Gasteiger charge is -2.10. The van der Waals surface area contributed by atoms with Crippen molar-refractivity contribution in [2.24, 2.45) is 5.92 Å². The number of carbonyl (C=O) groups excluding carboxylic acids is 1. The number of ether oxygens (including phenoxy) is 1. The molecule has 8 heteroatoms. The summed E-state index contributed by atoms with van der Waals surface area (Å²) in [7, 11) is -3.69. The molecule has 0 aromatic carbocycles. The van der Waals surface area contributed by atoms with Crippen LogP contribution < -0.4 is 9.44 Å². The Morgan fingerprint density at radius 2 is 2.05 bits per heavy atom. The van der Waals surface area contributed by atoms with E-state index in [0.29, 0.717) is 11.5 Å². The molecule has 0 atom stereocenters. The summed E-state index contributed by atoms with van der Waals surface area (Å²) in [5.74, 6) is -0.323. The summed E-state index contributed by atoms with van der Waals surface area (Å²) in [5, 5.41) is 0.293. The molecule has 0 amide bonds. The third-order valence-electron chi connectivity index (χ3n) is 2.54. The van der Waals surface area contributed by atoms with E-state index < -0.39 is 16.2 Å². The van der Waals surface area contributed by atoms with Gasteiger partial charge in [0.25, 0.3) is 10.2 Å². The number of anilines is 1. The van der Waals surface area contributed by atoms with Gasteiger partial charge in [-0.1, -0.05) is 20.8 Å². The van der Waals surface area contributed by atoms with Gasteiger partial charge in [0.05, 0.1) is 12.2 Å². The van der Waals surface area contributed by atoms with Crippen LogP contribution in [0.4, 0.5) is 5.00 Å². The van der Waals surface area contributed by atoms with E-state index in [1.54, 1.807) is 13.0 Å². The van der Waals surface area contributed by atoms with Crippen LogP contribution in [0.15, 0.2) is 6.07 Å². The van der Waals surface area contributed by atoms with Gasteiger partial charge in [-0.05, 0) is 25.3 Å². The lowest BCUT2D eigenvalue weighted by Crippen LogP contribution is -2.33. The van der Waals surface area contributed by atoms with Crippen LogP contribution >= 0.6 is 11.3 Å². The van der Waals surface area contributed by atoms with E-state index in [9.17, 15) is 13.2 Å². The van der Waals surface area contributed by atoms with Crippen molar-refractivity contribution < 1.29 is 17.9 Å². The molecule has 1 aromatic heterocycles. The highest BCUT2D eigenvalue weighted by Crippen LogP contribution is 2.30. The third kappa shape index (κ3) is 5.64. The third-order valence-corrected chi connectivity index (χ3v) is 4.88. The topological polar surface area (TPSA) is 84.5 Å². The summed E-state index contributed by atoms with van der Waals surface area (Å²) >= 11 is 1.24. The molecule has 0 saturated carbocycles. The molecule has 0 spiro atoms. The first kappa shape index (κ1) is 17.9. The summed E-state index contributed by atoms with van der Waals surface area (Å²) in [6, 6.07) is 1.67. The Bertz CT molecular complexity index is 579. The van der Waals surface area contributed by atoms with Crippen molar-refractivity contribution in [3.63, 3.8) is 0 Å². The van der Waals surface area contributed by atoms with Crippen LogP contribution in [0.2, 0.25) is 0 Å². The second-order valence-electron chi connectivity index (χ2n) is 4.88. The second kappa shape index (κ2) is 7.77. The van der Waals surface area contributed by atoms with Gasteiger partial charge in [0.15, 0.2) is 0 Å². The minimum atomic E-state index is -3.69. The molecular weight excluding hydrogens is 312 g/mol. The molecule has 1 aromatic rings. The van der Waals surface area contributed by atoms with Crippen molar-refractivity contribution in [1.29, 1.82) is 0 Å². The van der Waals surface area contributed by atoms with Gasteiger partial charge in [0, 0.05) is 11.4 Å². The summed E-state index contributed by atoms with van der Waals surface area (Å²) in [4.78, 5) is 12.8. The monoisotopic (exact) mass is 334 g/mol. The lowest BCUT2D eigenvalue weighted by molar-refractivity contribution is 0.0528. The van der Waals surface area contributed by atoms with Gasteiger partial charge >= 0.3 is 5.97 Å². The van der Waals surface area contributed by atoms with E-state index in [4.69, 9.17) is 4.74 Å². The van der Waals surface area contributed by atoms with Crippen LogP contribution in [0.1, 0.15) is 42.9 Å². The second-order valence-corrected chi connectivity index (χ2v) is 7.51. The number of esters is 1. The van der Waals surface area contributed by atoms with Gasteiger partial charge in [0.1, 0.15) is 5.00 Å². The molecule has 0 fully saturated rings. The highest BCUT2D eigenvalue weighted by atomic mass is 32.2. The van der Waals surface area contributed by atoms with E-state index >= 15 is 0 Å². The number of hydrogen-bond acceptors (Lipinski definition) is 5. The summed E-state index contributed by atoms with van der Waals surface area (Å²) in [6.07, 6.45) is 0.720. The molecule has 21 heavy (non-hydrogen) atoms. The fraction of sp³-hybridized carbons (Fsp3) is 0.615. The van der Waals surface area contributed by atoms with Gasteiger partial charge in [0.2, 0.25) is 0 Å². The molecule has 1 rings (SSSR count). The maximum Gasteiger partial charge on any atom is 0.341 e. The maximum atomic E-state index is 12.0. The lowest BCUT2D eigenvalue weighted by atomic mass is 10.2. The molecular formula is C13H22N2O4S2. The first-order valence-corrected chi connectivity index (χ1v) is 9.16. The SMILES string of the molecule is CCOC(=O)c1cc(CC)sc1NS(=O)(=O)NCC(C)C. The molecule has 120 valence electrons. The summed E-state index contributed by atoms with van der Waals surface area (Å²) in [6.45, 7) is 8.04. The molecule has 1 heterocycles. The van der Waals surface area contributed by atoms with E-state index in [1.165, 1.54) is 11.3 Å². The Morgan fingerprint density at radius 1 is 1.38 bits per heavy atom. The van der Waals surface area contributed by atoms with Crippen LogP contribution in [0.25, 0.3) is 0 Å². The average molecular weight is 334 g/mol. The predicted octanol–water partition coefficient (Wildman–Crippen LogP) is 2.39. The Balaban J connectivity index is 2.96. The quantitative estimate of drug-likeness (QED) is 0.715. The van der Waals surface area contributed by atoms with Crippen molar-refractivity contribution in [3.05, 3.63) is 16.5 Å². The van der Waals surface area contributed by atoms with Gasteiger partial charge in [-0.2, -0.15) is 13.1 Å². The smallest absolute Gasteiger partial charge is 0.341 e. The van der Waals surface area contributed by atoms with E-state index in [-0.39, 0.29) is 18.1 Å². The molecule has 0 unspecified atom stereocenters. The van der Waals surface area contributed by atoms with Crippen molar-refractivity contribution in [1.82, 2.24) is 4.72 Å². The van der Waals surface area contributed by atoms with Gasteiger partial charge in [-0.25, -0.2) is 4.79 Å². The Kier molecular flexibility index (Phi) is 6.63. The van der Waals surface area contributed by atoms with Crippen LogP contribution in [0.5, 0.6) is 0 Å². The normalized spacial score (nSPS) is 11.7. The van der Waals surface area contributed by atoms with Crippen molar-refractivity contribution in [3.8, 4) is 0 Å². The van der Waals surface area contributed by atoms with Crippen molar-refractivity contribution in [2.75, 3.05) is 17.9 Å². The average Bonchev–Trinajstić information content (AvgIpc) is 2.79. The number of thiophene rings is 1. The van der Waals surface area contributed by atoms with E-state index in [1.807, 2.05) is 20.8 Å². The van der Waals surface area contributed by atoms with Crippen LogP contribution in [-0.2, 0) is 21.4 Å². The Labute approximate surface area is 130 Å². The highest BCUT2D eigenvalue weighted by molar-refractivity contribution is 7.91. The zero-order valence-electron chi connectivity index (χ0n) is 12.7. The van der Waals surface area contributed by atoms with E-state index in [2.05, 4.69) is 9.44 Å². The van der Waals surface area contributed by atoms with Crippen LogP contribution in [0.3, 0.4) is 0 Å². The van der Waals surface area contributed by atoms with Gasteiger partial charge < -0.3 is 4.74 Å². The van der Waals surface area contributed by atoms with Crippen molar-refractivity contribution in [2.45, 2.75) is 34.1 Å². The number of aryl methyl sites for hydroxylation is 1. The first-order chi connectivity index (χ1) is 9.79. The molecule has 0 saturated heterocycles. The van der Waals surface area contributed by atoms with Crippen LogP contribution in [-0.4, -0.2) is 27.5 Å². The Morgan fingerprint density at radius 3 is 2.57 bits per heavy atom. The molecule has 6 nitrogen and oxygen atoms in total.